The number of hydrogen-bond acceptors (Lipinski definition) is 7. The number of fused-ring (bicyclic) bond motifs is 1. The largest absolute Gasteiger partial charge is 0.462 e. The van der Waals surface area contributed by atoms with Crippen molar-refractivity contribution < 1.29 is 14.3 Å². The normalized spacial score (nSPS) is 10.5. The van der Waals surface area contributed by atoms with Gasteiger partial charge in [-0.3, -0.25) is 0 Å². The first-order chi connectivity index (χ1) is 12.0. The van der Waals surface area contributed by atoms with Crippen molar-refractivity contribution in [2.45, 2.75) is 13.8 Å². The van der Waals surface area contributed by atoms with Crippen LogP contribution in [0.4, 0.5) is 0 Å². The van der Waals surface area contributed by atoms with Gasteiger partial charge in [0, 0.05) is 0 Å². The molecule has 0 bridgehead atoms. The minimum atomic E-state index is -0.398. The van der Waals surface area contributed by atoms with Gasteiger partial charge in [-0.05, 0) is 37.6 Å². The highest BCUT2D eigenvalue weighted by Crippen LogP contribution is 2.38. The monoisotopic (exact) mass is 373 g/mol. The van der Waals surface area contributed by atoms with Gasteiger partial charge in [0.2, 0.25) is 5.88 Å². The molecule has 6 nitrogen and oxygen atoms in total. The Balaban J connectivity index is 2.05. The van der Waals surface area contributed by atoms with E-state index in [1.807, 2.05) is 6.07 Å². The predicted octanol–water partition coefficient (Wildman–Crippen LogP) is 4.49. The number of benzene rings is 1. The number of aromatic nitrogens is 2. The van der Waals surface area contributed by atoms with Gasteiger partial charge in [0.05, 0.1) is 28.6 Å². The van der Waals surface area contributed by atoms with E-state index in [-0.39, 0.29) is 0 Å². The number of nitrogens with zero attached hydrogens (tertiary/aromatic N) is 3. The lowest BCUT2D eigenvalue weighted by molar-refractivity contribution is 0.0531. The van der Waals surface area contributed by atoms with Gasteiger partial charge in [-0.25, -0.2) is 14.8 Å². The number of hydrogen-bond donors (Lipinski definition) is 0. The topological polar surface area (TPSA) is 85.1 Å². The molecule has 2 aromatic heterocycles. The fourth-order valence-electron chi connectivity index (χ4n) is 2.27. The molecule has 3 rings (SSSR count). The van der Waals surface area contributed by atoms with Crippen molar-refractivity contribution in [1.82, 2.24) is 9.97 Å². The molecule has 0 amide bonds. The summed E-state index contributed by atoms with van der Waals surface area (Å²) in [6.45, 7) is 3.84. The molecule has 0 saturated heterocycles. The summed E-state index contributed by atoms with van der Waals surface area (Å²) < 4.78 is 10.9. The van der Waals surface area contributed by atoms with Crippen molar-refractivity contribution in [3.63, 3.8) is 0 Å². The van der Waals surface area contributed by atoms with Crippen molar-refractivity contribution in [1.29, 1.82) is 5.26 Å². The van der Waals surface area contributed by atoms with Crippen LogP contribution in [0.3, 0.4) is 0 Å². The summed E-state index contributed by atoms with van der Waals surface area (Å²) in [4.78, 5) is 21.5. The maximum atomic E-state index is 12.1. The number of aryl methyl sites for hydroxylation is 1. The Labute approximate surface area is 152 Å². The van der Waals surface area contributed by atoms with Crippen LogP contribution in [0.25, 0.3) is 10.2 Å². The van der Waals surface area contributed by atoms with Crippen LogP contribution in [0, 0.1) is 18.3 Å². The van der Waals surface area contributed by atoms with Crippen molar-refractivity contribution >= 4 is 39.1 Å². The van der Waals surface area contributed by atoms with Crippen LogP contribution in [-0.2, 0) is 4.74 Å². The van der Waals surface area contributed by atoms with E-state index in [1.54, 1.807) is 26.0 Å². The molecule has 3 aromatic rings. The Hall–Kier alpha value is -2.69. The Bertz CT molecular complexity index is 1010. The first-order valence-corrected chi connectivity index (χ1v) is 8.53. The number of carbonyl (C=O) groups is 1. The average molecular weight is 374 g/mol. The SMILES string of the molecule is CCOC(=O)c1sc2ncnc(Oc3ccc(C#N)cc3Cl)c2c1C. The number of carbonyl (C=O) groups excluding carboxylic acids is 1. The van der Waals surface area contributed by atoms with Crippen molar-refractivity contribution in [2.75, 3.05) is 6.61 Å². The lowest BCUT2D eigenvalue weighted by Crippen LogP contribution is -2.03. The summed E-state index contributed by atoms with van der Waals surface area (Å²) in [6, 6.07) is 6.72. The van der Waals surface area contributed by atoms with E-state index in [9.17, 15) is 4.79 Å². The van der Waals surface area contributed by atoms with E-state index >= 15 is 0 Å². The lowest BCUT2D eigenvalue weighted by Gasteiger charge is -2.08. The maximum absolute atomic E-state index is 12.1. The average Bonchev–Trinajstić information content (AvgIpc) is 2.95. The molecular weight excluding hydrogens is 362 g/mol. The molecule has 0 atom stereocenters. The van der Waals surface area contributed by atoms with Gasteiger partial charge in [-0.2, -0.15) is 5.26 Å². The lowest BCUT2D eigenvalue weighted by atomic mass is 10.2. The molecular formula is C17H12ClN3O3S. The second-order valence-electron chi connectivity index (χ2n) is 4.99. The van der Waals surface area contributed by atoms with Crippen molar-refractivity contribution in [3.05, 3.63) is 45.6 Å². The second-order valence-corrected chi connectivity index (χ2v) is 6.40. The molecule has 0 radical (unpaired) electrons. The Morgan fingerprint density at radius 3 is 2.88 bits per heavy atom. The van der Waals surface area contributed by atoms with Gasteiger partial charge < -0.3 is 9.47 Å². The molecule has 1 aromatic carbocycles. The second kappa shape index (κ2) is 7.05. The highest BCUT2D eigenvalue weighted by molar-refractivity contribution is 7.20. The third-order valence-electron chi connectivity index (χ3n) is 3.42. The van der Waals surface area contributed by atoms with Crippen LogP contribution in [0.2, 0.25) is 5.02 Å². The fourth-order valence-corrected chi connectivity index (χ4v) is 3.52. The summed E-state index contributed by atoms with van der Waals surface area (Å²) in [6.07, 6.45) is 1.36. The first-order valence-electron chi connectivity index (χ1n) is 7.33. The molecule has 0 aliphatic rings. The molecule has 0 N–H and O–H groups in total. The number of esters is 1. The Kier molecular flexibility index (Phi) is 4.83. The van der Waals surface area contributed by atoms with Gasteiger partial charge in [-0.1, -0.05) is 11.6 Å². The molecule has 0 unspecified atom stereocenters. The summed E-state index contributed by atoms with van der Waals surface area (Å²) in [5, 5.41) is 9.84. The summed E-state index contributed by atoms with van der Waals surface area (Å²) in [5.74, 6) is 0.259. The van der Waals surface area contributed by atoms with Crippen LogP contribution in [-0.4, -0.2) is 22.5 Å². The first kappa shape index (κ1) is 17.1. The zero-order chi connectivity index (χ0) is 18.0. The molecule has 0 aliphatic carbocycles. The summed E-state index contributed by atoms with van der Waals surface area (Å²) in [7, 11) is 0. The number of nitriles is 1. The van der Waals surface area contributed by atoms with Crippen LogP contribution < -0.4 is 4.74 Å². The standard InChI is InChI=1S/C17H12ClN3O3S/c1-3-23-17(22)14-9(2)13-15(20-8-21-16(13)25-14)24-12-5-4-10(7-19)6-11(12)18/h4-6,8H,3H2,1-2H3. The fraction of sp³-hybridized carbons (Fsp3) is 0.176. The number of thiophene rings is 1. The van der Waals surface area contributed by atoms with E-state index in [0.717, 1.165) is 0 Å². The highest BCUT2D eigenvalue weighted by atomic mass is 35.5. The van der Waals surface area contributed by atoms with E-state index in [1.165, 1.54) is 23.7 Å². The summed E-state index contributed by atoms with van der Waals surface area (Å²) >= 11 is 7.38. The molecule has 2 heterocycles. The number of ether oxygens (including phenoxy) is 2. The molecule has 0 fully saturated rings. The third kappa shape index (κ3) is 3.27. The number of halogens is 1. The van der Waals surface area contributed by atoms with E-state index in [0.29, 0.717) is 49.5 Å². The van der Waals surface area contributed by atoms with Gasteiger partial charge in [0.15, 0.2) is 0 Å². The van der Waals surface area contributed by atoms with Crippen molar-refractivity contribution in [3.8, 4) is 17.7 Å². The van der Waals surface area contributed by atoms with Gasteiger partial charge in [0.1, 0.15) is 21.8 Å². The molecule has 0 spiro atoms. The van der Waals surface area contributed by atoms with E-state index < -0.39 is 5.97 Å². The van der Waals surface area contributed by atoms with E-state index in [2.05, 4.69) is 9.97 Å². The Morgan fingerprint density at radius 1 is 1.40 bits per heavy atom. The zero-order valence-electron chi connectivity index (χ0n) is 13.4. The van der Waals surface area contributed by atoms with E-state index in [4.69, 9.17) is 26.3 Å². The quantitative estimate of drug-likeness (QED) is 0.626. The number of rotatable bonds is 4. The van der Waals surface area contributed by atoms with Gasteiger partial charge in [0.25, 0.3) is 0 Å². The van der Waals surface area contributed by atoms with Crippen LogP contribution in [0.15, 0.2) is 24.5 Å². The third-order valence-corrected chi connectivity index (χ3v) is 4.90. The minimum absolute atomic E-state index is 0.293. The molecule has 0 saturated carbocycles. The van der Waals surface area contributed by atoms with Crippen molar-refractivity contribution in [2.24, 2.45) is 0 Å². The van der Waals surface area contributed by atoms with Crippen LogP contribution in [0.5, 0.6) is 11.6 Å². The summed E-state index contributed by atoms with van der Waals surface area (Å²) in [5.41, 5.74) is 1.13. The zero-order valence-corrected chi connectivity index (χ0v) is 14.9. The van der Waals surface area contributed by atoms with Gasteiger partial charge >= 0.3 is 5.97 Å². The predicted molar refractivity (Wildman–Crippen MR) is 94.3 cm³/mol. The minimum Gasteiger partial charge on any atom is -0.462 e. The molecule has 25 heavy (non-hydrogen) atoms. The highest BCUT2D eigenvalue weighted by Gasteiger charge is 2.21. The molecule has 8 heteroatoms. The molecule has 0 aliphatic heterocycles. The maximum Gasteiger partial charge on any atom is 0.348 e. The van der Waals surface area contributed by atoms with Crippen LogP contribution in [0.1, 0.15) is 27.7 Å². The van der Waals surface area contributed by atoms with Gasteiger partial charge in [-0.15, -0.1) is 11.3 Å². The Morgan fingerprint density at radius 2 is 2.20 bits per heavy atom. The van der Waals surface area contributed by atoms with Crippen LogP contribution >= 0.6 is 22.9 Å². The molecule has 126 valence electrons. The smallest absolute Gasteiger partial charge is 0.348 e.